The molecule has 13 rings (SSSR count). The molecule has 0 saturated carbocycles. The fourth-order valence-electron chi connectivity index (χ4n) is 9.64. The SMILES string of the molecule is C1=CC2Sc3c(ccc4c3SC3C=CC(c5ccc6oc7ccc(-c8ccccc8)cc7c6c5)=CC43)C2C=C1c1ccc2oc3ccc(-c4ccccc4)cc3c2c1. The zero-order chi connectivity index (χ0) is 37.9. The molecule has 2 aliphatic heterocycles. The van der Waals surface area contributed by atoms with Gasteiger partial charge in [-0.15, -0.1) is 23.5 Å². The van der Waals surface area contributed by atoms with Gasteiger partial charge in [0.05, 0.1) is 0 Å². The predicted molar refractivity (Wildman–Crippen MR) is 244 cm³/mol. The number of hydrogen-bond donors (Lipinski definition) is 0. The third-order valence-corrected chi connectivity index (χ3v) is 15.5. The van der Waals surface area contributed by atoms with Gasteiger partial charge in [0.15, 0.2) is 0 Å². The van der Waals surface area contributed by atoms with Gasteiger partial charge in [0, 0.05) is 53.7 Å². The van der Waals surface area contributed by atoms with E-state index in [1.54, 1.807) is 0 Å². The lowest BCUT2D eigenvalue weighted by Gasteiger charge is -2.20. The van der Waals surface area contributed by atoms with Crippen molar-refractivity contribution in [1.82, 2.24) is 0 Å². The topological polar surface area (TPSA) is 26.3 Å². The molecule has 2 aromatic heterocycles. The summed E-state index contributed by atoms with van der Waals surface area (Å²) in [5, 5.41) is 5.45. The molecule has 0 fully saturated rings. The number of furan rings is 2. The molecule has 0 N–H and O–H groups in total. The van der Waals surface area contributed by atoms with Crippen LogP contribution in [0.3, 0.4) is 0 Å². The quantitative estimate of drug-likeness (QED) is 0.178. The summed E-state index contributed by atoms with van der Waals surface area (Å²) < 4.78 is 12.6. The molecule has 0 radical (unpaired) electrons. The highest BCUT2D eigenvalue weighted by Crippen LogP contribution is 2.59. The largest absolute Gasteiger partial charge is 0.456 e. The van der Waals surface area contributed by atoms with Gasteiger partial charge < -0.3 is 8.83 Å². The number of thioether (sulfide) groups is 2. The minimum atomic E-state index is 0.343. The Morgan fingerprint density at radius 3 is 1.16 bits per heavy atom. The molecule has 0 bridgehead atoms. The smallest absolute Gasteiger partial charge is 0.135 e. The number of allylic oxidation sites excluding steroid dienone is 6. The first-order valence-electron chi connectivity index (χ1n) is 20.0. The number of hydrogen-bond acceptors (Lipinski definition) is 4. The molecule has 0 saturated heterocycles. The average molecular weight is 779 g/mol. The van der Waals surface area contributed by atoms with Crippen molar-refractivity contribution in [2.75, 3.05) is 0 Å². The van der Waals surface area contributed by atoms with Crippen LogP contribution >= 0.6 is 23.5 Å². The standard InChI is InChI=1S/C54H34O2S2/c1-3-7-31(8-4-1)33-11-19-47-41(25-33)43-27-35(13-21-49(43)55-47)37-15-23-51-45(29-37)39-17-18-40-46-30-38(16-24-52(46)58-54(40)53(39)57-51)36-14-22-50-44(28-36)42-26-34(12-20-48(42)56-50)32-9-5-2-6-10-32/h1-30,45-46,51-52H. The Hall–Kier alpha value is -6.20. The second kappa shape index (κ2) is 12.6. The molecule has 4 aliphatic rings. The van der Waals surface area contributed by atoms with Gasteiger partial charge in [-0.2, -0.15) is 0 Å². The molecule has 4 heterocycles. The highest BCUT2D eigenvalue weighted by molar-refractivity contribution is 8.03. The summed E-state index contributed by atoms with van der Waals surface area (Å²) in [4.78, 5) is 2.95. The minimum Gasteiger partial charge on any atom is -0.456 e. The van der Waals surface area contributed by atoms with E-state index in [0.717, 1.165) is 43.9 Å². The third-order valence-electron chi connectivity index (χ3n) is 12.6. The third kappa shape index (κ3) is 5.08. The first-order chi connectivity index (χ1) is 28.7. The summed E-state index contributed by atoms with van der Waals surface area (Å²) in [6.07, 6.45) is 14.6. The van der Waals surface area contributed by atoms with Crippen molar-refractivity contribution >= 4 is 78.5 Å². The molecule has 7 aromatic carbocycles. The van der Waals surface area contributed by atoms with Gasteiger partial charge >= 0.3 is 0 Å². The zero-order valence-electron chi connectivity index (χ0n) is 31.3. The Kier molecular flexibility index (Phi) is 7.16. The van der Waals surface area contributed by atoms with Crippen LogP contribution in [0.15, 0.2) is 201 Å². The van der Waals surface area contributed by atoms with Crippen LogP contribution in [0.25, 0.3) is 77.3 Å². The highest BCUT2D eigenvalue weighted by Gasteiger charge is 2.40. The van der Waals surface area contributed by atoms with Crippen LogP contribution in [0.5, 0.6) is 0 Å². The zero-order valence-corrected chi connectivity index (χ0v) is 32.9. The summed E-state index contributed by atoms with van der Waals surface area (Å²) >= 11 is 4.10. The van der Waals surface area contributed by atoms with Crippen molar-refractivity contribution in [1.29, 1.82) is 0 Å². The molecule has 0 amide bonds. The van der Waals surface area contributed by atoms with E-state index < -0.39 is 0 Å². The fraction of sp³-hybridized carbons (Fsp3) is 0.0741. The van der Waals surface area contributed by atoms with Gasteiger partial charge in [0.2, 0.25) is 0 Å². The molecule has 4 heteroatoms. The van der Waals surface area contributed by atoms with E-state index in [9.17, 15) is 0 Å². The molecule has 0 spiro atoms. The Morgan fingerprint density at radius 2 is 0.741 bits per heavy atom. The van der Waals surface area contributed by atoms with Gasteiger partial charge in [-0.1, -0.05) is 134 Å². The molecular weight excluding hydrogens is 745 g/mol. The molecule has 4 atom stereocenters. The van der Waals surface area contributed by atoms with E-state index >= 15 is 0 Å². The van der Waals surface area contributed by atoms with E-state index in [1.807, 2.05) is 0 Å². The van der Waals surface area contributed by atoms with E-state index in [4.69, 9.17) is 8.83 Å². The van der Waals surface area contributed by atoms with Crippen LogP contribution in [0.2, 0.25) is 0 Å². The summed E-state index contributed by atoms with van der Waals surface area (Å²) in [6, 6.07) is 52.5. The van der Waals surface area contributed by atoms with E-state index in [-0.39, 0.29) is 0 Å². The summed E-state index contributed by atoms with van der Waals surface area (Å²) in [5.41, 5.74) is 16.5. The van der Waals surface area contributed by atoms with E-state index in [2.05, 4.69) is 206 Å². The van der Waals surface area contributed by atoms with Gasteiger partial charge in [-0.05, 0) is 104 Å². The van der Waals surface area contributed by atoms with Gasteiger partial charge in [0.1, 0.15) is 22.3 Å². The summed E-state index contributed by atoms with van der Waals surface area (Å²) in [6.45, 7) is 0. The Labute approximate surface area is 344 Å². The lowest BCUT2D eigenvalue weighted by Crippen LogP contribution is -2.09. The van der Waals surface area contributed by atoms with Crippen LogP contribution in [-0.4, -0.2) is 10.5 Å². The van der Waals surface area contributed by atoms with Crippen LogP contribution in [0.1, 0.15) is 34.1 Å². The maximum absolute atomic E-state index is 6.31. The predicted octanol–water partition coefficient (Wildman–Crippen LogP) is 15.2. The second-order valence-corrected chi connectivity index (χ2v) is 18.2. The molecule has 2 aliphatic carbocycles. The molecule has 4 unspecified atom stereocenters. The van der Waals surface area contributed by atoms with Gasteiger partial charge in [-0.25, -0.2) is 0 Å². The lowest BCUT2D eigenvalue weighted by molar-refractivity contribution is 0.668. The minimum absolute atomic E-state index is 0.343. The monoisotopic (exact) mass is 778 g/mol. The molecule has 2 nitrogen and oxygen atoms in total. The number of rotatable bonds is 4. The highest BCUT2D eigenvalue weighted by atomic mass is 32.2. The number of benzene rings is 7. The number of fused-ring (bicyclic) bond motifs is 13. The Morgan fingerprint density at radius 1 is 0.362 bits per heavy atom. The van der Waals surface area contributed by atoms with Crippen LogP contribution < -0.4 is 0 Å². The molecule has 9 aromatic rings. The fourth-order valence-corrected chi connectivity index (χ4v) is 12.7. The normalized spacial score (nSPS) is 20.3. The maximum Gasteiger partial charge on any atom is 0.135 e. The lowest BCUT2D eigenvalue weighted by atomic mass is 9.84. The molecular formula is C54H34O2S2. The van der Waals surface area contributed by atoms with Crippen molar-refractivity contribution in [2.24, 2.45) is 0 Å². The summed E-state index contributed by atoms with van der Waals surface area (Å²) in [5.74, 6) is 0.686. The van der Waals surface area contributed by atoms with Gasteiger partial charge in [0.25, 0.3) is 0 Å². The first kappa shape index (κ1) is 32.8. The molecule has 58 heavy (non-hydrogen) atoms. The first-order valence-corrected chi connectivity index (χ1v) is 21.8. The van der Waals surface area contributed by atoms with Crippen LogP contribution in [0.4, 0.5) is 0 Å². The van der Waals surface area contributed by atoms with Crippen molar-refractivity contribution in [3.63, 3.8) is 0 Å². The van der Waals surface area contributed by atoms with Crippen molar-refractivity contribution in [3.05, 3.63) is 204 Å². The Bertz CT molecular complexity index is 3080. The average Bonchev–Trinajstić information content (AvgIpc) is 4.05. The maximum atomic E-state index is 6.31. The van der Waals surface area contributed by atoms with Crippen molar-refractivity contribution in [2.45, 2.75) is 32.1 Å². The van der Waals surface area contributed by atoms with E-state index in [1.165, 1.54) is 65.4 Å². The van der Waals surface area contributed by atoms with Crippen LogP contribution in [-0.2, 0) is 0 Å². The van der Waals surface area contributed by atoms with Gasteiger partial charge in [-0.3, -0.25) is 0 Å². The summed E-state index contributed by atoms with van der Waals surface area (Å²) in [7, 11) is 0. The Balaban J connectivity index is 0.819. The van der Waals surface area contributed by atoms with E-state index in [0.29, 0.717) is 22.3 Å². The van der Waals surface area contributed by atoms with Crippen molar-refractivity contribution in [3.8, 4) is 22.3 Å². The molecule has 274 valence electrons. The van der Waals surface area contributed by atoms with Crippen LogP contribution in [0, 0.1) is 0 Å². The second-order valence-electron chi connectivity index (χ2n) is 15.9. The van der Waals surface area contributed by atoms with Crippen molar-refractivity contribution < 1.29 is 8.83 Å².